The third-order valence-electron chi connectivity index (χ3n) is 17.9. The van der Waals surface area contributed by atoms with Crippen LogP contribution >= 0.6 is 11.8 Å². The number of nitrogens with zero attached hydrogens (tertiary/aromatic N) is 1. The van der Waals surface area contributed by atoms with E-state index in [0.29, 0.717) is 0 Å². The molecule has 0 bridgehead atoms. The van der Waals surface area contributed by atoms with Gasteiger partial charge in [0.1, 0.15) is 11.5 Å². The van der Waals surface area contributed by atoms with E-state index in [1.807, 2.05) is 11.8 Å². The standard InChI is InChI=1S/C75H47NOS/c1-3-22-48(23-4-1)73(49-24-5-2-6-25-49)59-31-12-9-28-55(59)72-65(73)36-21-37-67(72)76(50-43-45-60-56(46-50)53-27-8-11-30-58(53)74(60)61-32-13-17-38-68(61)77-69-39-18-14-33-62(69)74)51-42-44-54-52-26-7-10-29-57(52)75(66(54)47-51)63-34-15-19-40-70(63)78-71-41-20-16-35-64(71)75/h1-47H. The molecule has 0 saturated carbocycles. The van der Waals surface area contributed by atoms with E-state index in [9.17, 15) is 0 Å². The Morgan fingerprint density at radius 2 is 0.692 bits per heavy atom. The molecule has 2 spiro atoms. The Morgan fingerprint density at radius 1 is 0.269 bits per heavy atom. The maximum Gasteiger partial charge on any atom is 0.132 e. The molecule has 2 aliphatic heterocycles. The van der Waals surface area contributed by atoms with Crippen molar-refractivity contribution in [1.82, 2.24) is 0 Å². The molecule has 0 amide bonds. The summed E-state index contributed by atoms with van der Waals surface area (Å²) in [5.74, 6) is 1.78. The van der Waals surface area contributed by atoms with E-state index in [0.717, 1.165) is 39.7 Å². The zero-order valence-corrected chi connectivity index (χ0v) is 43.2. The minimum atomic E-state index is -0.593. The first-order valence-electron chi connectivity index (χ1n) is 27.1. The van der Waals surface area contributed by atoms with Crippen LogP contribution in [0.25, 0.3) is 33.4 Å². The summed E-state index contributed by atoms with van der Waals surface area (Å²) in [7, 11) is 0. The fourth-order valence-corrected chi connectivity index (χ4v) is 16.2. The first-order chi connectivity index (χ1) is 38.7. The topological polar surface area (TPSA) is 12.5 Å². The minimum absolute atomic E-state index is 0.555. The van der Waals surface area contributed by atoms with Gasteiger partial charge in [-0.3, -0.25) is 0 Å². The Kier molecular flexibility index (Phi) is 9.15. The van der Waals surface area contributed by atoms with Crippen molar-refractivity contribution >= 4 is 28.8 Å². The Hall–Kier alpha value is -9.41. The van der Waals surface area contributed by atoms with Crippen molar-refractivity contribution in [3.63, 3.8) is 0 Å². The summed E-state index contributed by atoms with van der Waals surface area (Å²) in [6.07, 6.45) is 0. The van der Waals surface area contributed by atoms with Gasteiger partial charge < -0.3 is 9.64 Å². The molecule has 0 aromatic heterocycles. The van der Waals surface area contributed by atoms with Gasteiger partial charge in [0.2, 0.25) is 0 Å². The molecule has 0 fully saturated rings. The van der Waals surface area contributed by atoms with Crippen LogP contribution in [-0.2, 0) is 16.2 Å². The molecule has 17 rings (SSSR count). The summed E-state index contributed by atoms with van der Waals surface area (Å²) in [6, 6.07) is 107. The molecule has 78 heavy (non-hydrogen) atoms. The van der Waals surface area contributed by atoms with Crippen LogP contribution in [0.1, 0.15) is 66.8 Å². The van der Waals surface area contributed by atoms with E-state index in [1.165, 1.54) is 98.8 Å². The fourth-order valence-electron chi connectivity index (χ4n) is 15.1. The molecule has 3 heteroatoms. The smallest absolute Gasteiger partial charge is 0.132 e. The van der Waals surface area contributed by atoms with Gasteiger partial charge in [-0.05, 0) is 138 Å². The monoisotopic (exact) mass is 1010 g/mol. The van der Waals surface area contributed by atoms with Crippen molar-refractivity contribution in [2.75, 3.05) is 4.90 Å². The molecule has 2 heterocycles. The van der Waals surface area contributed by atoms with Crippen LogP contribution in [0.15, 0.2) is 295 Å². The summed E-state index contributed by atoms with van der Waals surface area (Å²) in [5.41, 5.74) is 24.2. The van der Waals surface area contributed by atoms with E-state index in [1.54, 1.807) is 0 Å². The maximum atomic E-state index is 6.77. The lowest BCUT2D eigenvalue weighted by atomic mass is 9.66. The highest BCUT2D eigenvalue weighted by molar-refractivity contribution is 7.99. The molecule has 12 aromatic rings. The van der Waals surface area contributed by atoms with Crippen LogP contribution in [0.2, 0.25) is 0 Å². The fraction of sp³-hybridized carbons (Fsp3) is 0.0400. The summed E-state index contributed by atoms with van der Waals surface area (Å²) < 4.78 is 6.77. The lowest BCUT2D eigenvalue weighted by Gasteiger charge is -2.40. The highest BCUT2D eigenvalue weighted by atomic mass is 32.2. The molecular formula is C75H47NOS. The normalized spacial score (nSPS) is 15.0. The van der Waals surface area contributed by atoms with Gasteiger partial charge >= 0.3 is 0 Å². The van der Waals surface area contributed by atoms with Crippen molar-refractivity contribution in [1.29, 1.82) is 0 Å². The van der Waals surface area contributed by atoms with Crippen LogP contribution in [0.4, 0.5) is 17.1 Å². The molecule has 0 saturated heterocycles. The van der Waals surface area contributed by atoms with Crippen LogP contribution in [0, 0.1) is 0 Å². The van der Waals surface area contributed by atoms with Crippen molar-refractivity contribution in [3.05, 3.63) is 352 Å². The summed E-state index contributed by atoms with van der Waals surface area (Å²) >= 11 is 1.89. The average Bonchev–Trinajstić information content (AvgIpc) is 3.81. The lowest BCUT2D eigenvalue weighted by molar-refractivity contribution is 0.436. The molecular weight excluding hydrogens is 963 g/mol. The summed E-state index contributed by atoms with van der Waals surface area (Å²) in [5, 5.41) is 0. The van der Waals surface area contributed by atoms with Gasteiger partial charge in [0.05, 0.1) is 21.9 Å². The first-order valence-corrected chi connectivity index (χ1v) is 27.9. The van der Waals surface area contributed by atoms with Crippen LogP contribution in [-0.4, -0.2) is 0 Å². The number of rotatable bonds is 5. The van der Waals surface area contributed by atoms with E-state index >= 15 is 0 Å². The van der Waals surface area contributed by atoms with Crippen LogP contribution < -0.4 is 9.64 Å². The van der Waals surface area contributed by atoms with E-state index in [4.69, 9.17) is 4.74 Å². The van der Waals surface area contributed by atoms with Crippen molar-refractivity contribution < 1.29 is 4.74 Å². The number of ether oxygens (including phenoxy) is 1. The van der Waals surface area contributed by atoms with Crippen molar-refractivity contribution in [3.8, 4) is 44.9 Å². The van der Waals surface area contributed by atoms with Crippen molar-refractivity contribution in [2.24, 2.45) is 0 Å². The van der Waals surface area contributed by atoms with Gasteiger partial charge in [0.25, 0.3) is 0 Å². The number of hydrogen-bond acceptors (Lipinski definition) is 3. The summed E-state index contributed by atoms with van der Waals surface area (Å²) in [6.45, 7) is 0. The van der Waals surface area contributed by atoms with Crippen LogP contribution in [0.5, 0.6) is 11.5 Å². The molecule has 12 aromatic carbocycles. The van der Waals surface area contributed by atoms with E-state index < -0.39 is 16.2 Å². The van der Waals surface area contributed by atoms with Gasteiger partial charge in [-0.2, -0.15) is 0 Å². The SMILES string of the molecule is c1ccc(C2(c3ccccc3)c3ccccc3-c3c(N(c4ccc5c(c4)-c4ccccc4C54c5ccccc5Oc5ccccc54)c4ccc5c(c4)C4(c6ccccc6Sc6ccccc64)c4ccccc4-5)cccc32)cc1. The Bertz CT molecular complexity index is 4350. The van der Waals surface area contributed by atoms with E-state index in [2.05, 4.69) is 290 Å². The number of para-hydroxylation sites is 2. The minimum Gasteiger partial charge on any atom is -0.457 e. The first kappa shape index (κ1) is 43.8. The second-order valence-electron chi connectivity index (χ2n) is 21.3. The van der Waals surface area contributed by atoms with Crippen molar-refractivity contribution in [2.45, 2.75) is 26.0 Å². The second-order valence-corrected chi connectivity index (χ2v) is 22.4. The molecule has 0 N–H and O–H groups in total. The van der Waals surface area contributed by atoms with Gasteiger partial charge in [-0.25, -0.2) is 0 Å². The Labute approximate surface area is 458 Å². The third kappa shape index (κ3) is 5.53. The maximum absolute atomic E-state index is 6.77. The zero-order chi connectivity index (χ0) is 51.2. The Balaban J connectivity index is 0.979. The van der Waals surface area contributed by atoms with Gasteiger partial charge in [-0.15, -0.1) is 0 Å². The predicted octanol–water partition coefficient (Wildman–Crippen LogP) is 18.8. The molecule has 5 aliphatic rings. The highest BCUT2D eigenvalue weighted by Crippen LogP contribution is 2.66. The summed E-state index contributed by atoms with van der Waals surface area (Å²) in [4.78, 5) is 5.17. The number of anilines is 3. The Morgan fingerprint density at radius 3 is 1.31 bits per heavy atom. The number of benzene rings is 12. The average molecular weight is 1010 g/mol. The molecule has 2 nitrogen and oxygen atoms in total. The largest absolute Gasteiger partial charge is 0.457 e. The van der Waals surface area contributed by atoms with Gasteiger partial charge in [0, 0.05) is 37.9 Å². The number of hydrogen-bond donors (Lipinski definition) is 0. The molecule has 0 radical (unpaired) electrons. The zero-order valence-electron chi connectivity index (χ0n) is 42.4. The number of fused-ring (bicyclic) bond motifs is 21. The highest BCUT2D eigenvalue weighted by Gasteiger charge is 2.53. The van der Waals surface area contributed by atoms with Gasteiger partial charge in [0.15, 0.2) is 0 Å². The molecule has 3 aliphatic carbocycles. The van der Waals surface area contributed by atoms with E-state index in [-0.39, 0.29) is 0 Å². The molecule has 0 atom stereocenters. The molecule has 364 valence electrons. The van der Waals surface area contributed by atoms with Gasteiger partial charge in [-0.1, -0.05) is 242 Å². The quantitative estimate of drug-likeness (QED) is 0.170. The third-order valence-corrected chi connectivity index (χ3v) is 19.0. The second kappa shape index (κ2) is 16.3. The molecule has 0 unspecified atom stereocenters. The van der Waals surface area contributed by atoms with Crippen LogP contribution in [0.3, 0.4) is 0 Å². The lowest BCUT2D eigenvalue weighted by Crippen LogP contribution is -2.32. The predicted molar refractivity (Wildman–Crippen MR) is 317 cm³/mol.